The molecule has 0 bridgehead atoms. The van der Waals surface area contributed by atoms with Crippen LogP contribution in [0, 0.1) is 0 Å². The fourth-order valence-electron chi connectivity index (χ4n) is 0.571. The summed E-state index contributed by atoms with van der Waals surface area (Å²) >= 11 is 0. The summed E-state index contributed by atoms with van der Waals surface area (Å²) in [6.07, 6.45) is 7.92. The van der Waals surface area contributed by atoms with E-state index in [-0.39, 0.29) is 0 Å². The van der Waals surface area contributed by atoms with Gasteiger partial charge in [-0.1, -0.05) is 17.8 Å². The maximum Gasteiger partial charge on any atom is 0.135 e. The van der Waals surface area contributed by atoms with Gasteiger partial charge in [-0.05, 0) is 0 Å². The summed E-state index contributed by atoms with van der Waals surface area (Å²) in [4.78, 5) is 12.4. The van der Waals surface area contributed by atoms with Crippen LogP contribution in [0.1, 0.15) is 5.56 Å². The second-order valence-electron chi connectivity index (χ2n) is 1.99. The Morgan fingerprint density at radius 1 is 1.50 bits per heavy atom. The molecule has 62 valence electrons. The zero-order chi connectivity index (χ0) is 8.65. The van der Waals surface area contributed by atoms with Crippen molar-refractivity contribution in [1.82, 2.24) is 9.97 Å². The molecule has 0 aliphatic carbocycles. The molecule has 1 aromatic rings. The van der Waals surface area contributed by atoms with Gasteiger partial charge in [-0.2, -0.15) is 0 Å². The van der Waals surface area contributed by atoms with Gasteiger partial charge in [0.25, 0.3) is 0 Å². The summed E-state index contributed by atoms with van der Waals surface area (Å²) in [5.41, 5.74) is 0.807. The van der Waals surface area contributed by atoms with Crippen LogP contribution in [0.4, 0.5) is 0 Å². The monoisotopic (exact) mass is 163 g/mol. The maximum absolute atomic E-state index is 4.78. The molecule has 0 saturated heterocycles. The first kappa shape index (κ1) is 8.39. The Balaban J connectivity index is 2.41. The quantitative estimate of drug-likeness (QED) is 0.288. The fraction of sp³-hybridized carbons (Fsp3) is 0.125. The highest BCUT2D eigenvalue weighted by atomic mass is 16.6. The van der Waals surface area contributed by atoms with Crippen molar-refractivity contribution in [2.24, 2.45) is 5.16 Å². The van der Waals surface area contributed by atoms with Crippen LogP contribution < -0.4 is 0 Å². The number of nitrogens with zero attached hydrogens (tertiary/aromatic N) is 3. The number of rotatable bonds is 4. The van der Waals surface area contributed by atoms with E-state index < -0.39 is 0 Å². The Hall–Kier alpha value is -1.71. The first-order valence-electron chi connectivity index (χ1n) is 3.44. The van der Waals surface area contributed by atoms with E-state index in [0.717, 1.165) is 5.56 Å². The molecule has 0 saturated carbocycles. The van der Waals surface area contributed by atoms with E-state index in [1.807, 2.05) is 0 Å². The van der Waals surface area contributed by atoms with E-state index in [9.17, 15) is 0 Å². The van der Waals surface area contributed by atoms with E-state index in [0.29, 0.717) is 6.61 Å². The molecule has 0 radical (unpaired) electrons. The molecule has 4 heteroatoms. The van der Waals surface area contributed by atoms with Gasteiger partial charge >= 0.3 is 0 Å². The molecule has 0 unspecified atom stereocenters. The largest absolute Gasteiger partial charge is 0.392 e. The molecule has 4 nitrogen and oxygen atoms in total. The smallest absolute Gasteiger partial charge is 0.135 e. The molecule has 12 heavy (non-hydrogen) atoms. The minimum atomic E-state index is 0.407. The normalized spacial score (nSPS) is 10.0. The number of oxime groups is 1. The van der Waals surface area contributed by atoms with Crippen LogP contribution >= 0.6 is 0 Å². The highest BCUT2D eigenvalue weighted by Gasteiger charge is 1.84. The van der Waals surface area contributed by atoms with Gasteiger partial charge in [0.05, 0.1) is 6.21 Å². The van der Waals surface area contributed by atoms with Crippen molar-refractivity contribution in [1.29, 1.82) is 0 Å². The second kappa shape index (κ2) is 5.01. The van der Waals surface area contributed by atoms with Crippen molar-refractivity contribution in [3.05, 3.63) is 36.9 Å². The molecule has 0 spiro atoms. The molecule has 1 rings (SSSR count). The first-order chi connectivity index (χ1) is 5.93. The molecular formula is C8H9N3O. The Morgan fingerprint density at radius 3 is 2.92 bits per heavy atom. The van der Waals surface area contributed by atoms with Crippen LogP contribution in [0.5, 0.6) is 0 Å². The van der Waals surface area contributed by atoms with Crippen LogP contribution in [-0.2, 0) is 4.84 Å². The zero-order valence-electron chi connectivity index (χ0n) is 6.55. The minimum Gasteiger partial charge on any atom is -0.392 e. The van der Waals surface area contributed by atoms with Crippen molar-refractivity contribution >= 4 is 6.21 Å². The van der Waals surface area contributed by atoms with Crippen LogP contribution in [0.2, 0.25) is 0 Å². The first-order valence-corrected chi connectivity index (χ1v) is 3.44. The molecule has 0 N–H and O–H groups in total. The van der Waals surface area contributed by atoms with E-state index in [2.05, 4.69) is 21.7 Å². The Kier molecular flexibility index (Phi) is 3.50. The van der Waals surface area contributed by atoms with Gasteiger partial charge in [0.1, 0.15) is 12.9 Å². The van der Waals surface area contributed by atoms with E-state index in [1.165, 1.54) is 6.33 Å². The van der Waals surface area contributed by atoms with E-state index in [1.54, 1.807) is 24.7 Å². The molecule has 1 aromatic heterocycles. The summed E-state index contributed by atoms with van der Waals surface area (Å²) in [5, 5.41) is 3.66. The lowest BCUT2D eigenvalue weighted by atomic mass is 10.4. The molecule has 0 aliphatic rings. The van der Waals surface area contributed by atoms with Gasteiger partial charge in [0.2, 0.25) is 0 Å². The van der Waals surface area contributed by atoms with Gasteiger partial charge in [0, 0.05) is 18.0 Å². The summed E-state index contributed by atoms with van der Waals surface area (Å²) < 4.78 is 0. The van der Waals surface area contributed by atoms with Crippen molar-refractivity contribution in [3.8, 4) is 0 Å². The van der Waals surface area contributed by atoms with Crippen LogP contribution in [-0.4, -0.2) is 22.8 Å². The van der Waals surface area contributed by atoms with Gasteiger partial charge in [-0.15, -0.1) is 0 Å². The minimum absolute atomic E-state index is 0.407. The maximum atomic E-state index is 4.78. The third-order valence-corrected chi connectivity index (χ3v) is 1.05. The van der Waals surface area contributed by atoms with Gasteiger partial charge < -0.3 is 4.84 Å². The van der Waals surface area contributed by atoms with Crippen LogP contribution in [0.3, 0.4) is 0 Å². The van der Waals surface area contributed by atoms with Gasteiger partial charge in [-0.25, -0.2) is 9.97 Å². The highest BCUT2D eigenvalue weighted by Crippen LogP contribution is 1.87. The van der Waals surface area contributed by atoms with Crippen LogP contribution in [0.25, 0.3) is 0 Å². The SMILES string of the molecule is C=CCON=Cc1cncnc1. The lowest BCUT2D eigenvalue weighted by Crippen LogP contribution is -1.87. The number of hydrogen-bond donors (Lipinski definition) is 0. The predicted octanol–water partition coefficient (Wildman–Crippen LogP) is 1.01. The van der Waals surface area contributed by atoms with Crippen molar-refractivity contribution in [2.75, 3.05) is 6.61 Å². The summed E-state index contributed by atoms with van der Waals surface area (Å²) in [6.45, 7) is 3.89. The topological polar surface area (TPSA) is 47.4 Å². The van der Waals surface area contributed by atoms with E-state index >= 15 is 0 Å². The third kappa shape index (κ3) is 2.92. The lowest BCUT2D eigenvalue weighted by molar-refractivity contribution is 0.176. The second-order valence-corrected chi connectivity index (χ2v) is 1.99. The number of aromatic nitrogens is 2. The molecule has 1 heterocycles. The van der Waals surface area contributed by atoms with Crippen molar-refractivity contribution < 1.29 is 4.84 Å². The average Bonchev–Trinajstić information content (AvgIpc) is 2.14. The Labute approximate surface area is 70.6 Å². The van der Waals surface area contributed by atoms with Crippen molar-refractivity contribution in [2.45, 2.75) is 0 Å². The predicted molar refractivity (Wildman–Crippen MR) is 45.8 cm³/mol. The molecule has 0 aromatic carbocycles. The molecule has 0 amide bonds. The fourth-order valence-corrected chi connectivity index (χ4v) is 0.571. The number of hydrogen-bond acceptors (Lipinski definition) is 4. The molecular weight excluding hydrogens is 154 g/mol. The Bertz CT molecular complexity index is 258. The van der Waals surface area contributed by atoms with Gasteiger partial charge in [0.15, 0.2) is 0 Å². The molecule has 0 atom stereocenters. The van der Waals surface area contributed by atoms with E-state index in [4.69, 9.17) is 4.84 Å². The highest BCUT2D eigenvalue weighted by molar-refractivity contribution is 5.77. The summed E-state index contributed by atoms with van der Waals surface area (Å²) in [5.74, 6) is 0. The average molecular weight is 163 g/mol. The van der Waals surface area contributed by atoms with Gasteiger partial charge in [-0.3, -0.25) is 0 Å². The van der Waals surface area contributed by atoms with Crippen molar-refractivity contribution in [3.63, 3.8) is 0 Å². The lowest BCUT2D eigenvalue weighted by Gasteiger charge is -1.91. The third-order valence-electron chi connectivity index (χ3n) is 1.05. The summed E-state index contributed by atoms with van der Waals surface area (Å²) in [6, 6.07) is 0. The zero-order valence-corrected chi connectivity index (χ0v) is 6.55. The standard InChI is InChI=1S/C8H9N3O/c1-2-3-12-11-6-8-4-9-7-10-5-8/h2,4-7H,1,3H2. The molecule has 0 aliphatic heterocycles. The summed E-state index contributed by atoms with van der Waals surface area (Å²) in [7, 11) is 0. The molecule has 0 fully saturated rings. The van der Waals surface area contributed by atoms with Crippen LogP contribution in [0.15, 0.2) is 36.5 Å². The Morgan fingerprint density at radius 2 is 2.25 bits per heavy atom.